The Morgan fingerprint density at radius 3 is 1.71 bits per heavy atom. The Kier molecular flexibility index (Phi) is 4.42. The summed E-state index contributed by atoms with van der Waals surface area (Å²) in [4.78, 5) is 0. The van der Waals surface area contributed by atoms with Gasteiger partial charge in [0.2, 0.25) is 0 Å². The van der Waals surface area contributed by atoms with Crippen LogP contribution in [0.4, 0.5) is 23.0 Å². The van der Waals surface area contributed by atoms with Gasteiger partial charge in [0.25, 0.3) is 0 Å². The van der Waals surface area contributed by atoms with E-state index in [0.29, 0.717) is 11.4 Å². The van der Waals surface area contributed by atoms with Crippen LogP contribution in [0.3, 0.4) is 0 Å². The number of azo groups is 2. The molecule has 7 heteroatoms. The first-order chi connectivity index (χ1) is 11.6. The SMILES string of the molecule is Cn1cc[n+](C)c1N=Nc1ccc(N=Nc2ccc(O)cc2)cc1. The van der Waals surface area contributed by atoms with Crippen molar-refractivity contribution in [3.63, 3.8) is 0 Å². The molecule has 0 saturated carbocycles. The average molecular weight is 321 g/mol. The van der Waals surface area contributed by atoms with E-state index in [1.54, 1.807) is 24.3 Å². The molecule has 0 atom stereocenters. The number of aromatic hydroxyl groups is 1. The molecule has 0 spiro atoms. The van der Waals surface area contributed by atoms with Gasteiger partial charge in [-0.05, 0) is 48.5 Å². The van der Waals surface area contributed by atoms with E-state index in [-0.39, 0.29) is 5.75 Å². The van der Waals surface area contributed by atoms with Gasteiger partial charge in [-0.1, -0.05) is 5.11 Å². The molecule has 0 aliphatic rings. The molecule has 3 aromatic rings. The van der Waals surface area contributed by atoms with Gasteiger partial charge in [-0.3, -0.25) is 0 Å². The largest absolute Gasteiger partial charge is 0.508 e. The minimum atomic E-state index is 0.204. The van der Waals surface area contributed by atoms with E-state index in [1.165, 1.54) is 0 Å². The van der Waals surface area contributed by atoms with Crippen LogP contribution in [0.1, 0.15) is 0 Å². The van der Waals surface area contributed by atoms with Crippen LogP contribution < -0.4 is 4.57 Å². The predicted molar refractivity (Wildman–Crippen MR) is 89.5 cm³/mol. The second-order valence-corrected chi connectivity index (χ2v) is 5.25. The summed E-state index contributed by atoms with van der Waals surface area (Å²) in [5.74, 6) is 0.960. The summed E-state index contributed by atoms with van der Waals surface area (Å²) in [6.45, 7) is 0. The van der Waals surface area contributed by atoms with Crippen molar-refractivity contribution in [1.29, 1.82) is 0 Å². The highest BCUT2D eigenvalue weighted by atomic mass is 16.3. The second-order valence-electron chi connectivity index (χ2n) is 5.25. The second kappa shape index (κ2) is 6.82. The molecular weight excluding hydrogens is 304 g/mol. The van der Waals surface area contributed by atoms with Crippen LogP contribution in [0.15, 0.2) is 81.4 Å². The van der Waals surface area contributed by atoms with E-state index in [4.69, 9.17) is 0 Å². The highest BCUT2D eigenvalue weighted by molar-refractivity contribution is 5.47. The zero-order valence-electron chi connectivity index (χ0n) is 13.4. The average Bonchev–Trinajstić information content (AvgIpc) is 2.92. The number of phenolic OH excluding ortho intramolecular Hbond substituents is 1. The smallest absolute Gasteiger partial charge is 0.421 e. The van der Waals surface area contributed by atoms with E-state index in [2.05, 4.69) is 20.5 Å². The first-order valence-electron chi connectivity index (χ1n) is 7.35. The molecule has 0 unspecified atom stereocenters. The van der Waals surface area contributed by atoms with E-state index < -0.39 is 0 Å². The Labute approximate surface area is 139 Å². The molecule has 0 fully saturated rings. The molecule has 1 aromatic heterocycles. The quantitative estimate of drug-likeness (QED) is 0.561. The molecule has 7 nitrogen and oxygen atoms in total. The highest BCUT2D eigenvalue weighted by Crippen LogP contribution is 2.23. The highest BCUT2D eigenvalue weighted by Gasteiger charge is 2.10. The van der Waals surface area contributed by atoms with Crippen LogP contribution in [-0.4, -0.2) is 9.67 Å². The number of phenols is 1. The third kappa shape index (κ3) is 3.70. The monoisotopic (exact) mass is 321 g/mol. The molecule has 1 N–H and O–H groups in total. The van der Waals surface area contributed by atoms with Crippen molar-refractivity contribution in [1.82, 2.24) is 4.57 Å². The van der Waals surface area contributed by atoms with Gasteiger partial charge in [0, 0.05) is 5.11 Å². The molecule has 0 aliphatic carbocycles. The van der Waals surface area contributed by atoms with Crippen molar-refractivity contribution < 1.29 is 9.67 Å². The summed E-state index contributed by atoms with van der Waals surface area (Å²) >= 11 is 0. The van der Waals surface area contributed by atoms with Gasteiger partial charge in [-0.2, -0.15) is 10.2 Å². The normalized spacial score (nSPS) is 11.6. The van der Waals surface area contributed by atoms with Crippen LogP contribution >= 0.6 is 0 Å². The van der Waals surface area contributed by atoms with E-state index in [9.17, 15) is 5.11 Å². The van der Waals surface area contributed by atoms with Crippen molar-refractivity contribution in [3.05, 3.63) is 60.9 Å². The molecule has 120 valence electrons. The molecular formula is C17H17N6O+. The fraction of sp³-hybridized carbons (Fsp3) is 0.118. The lowest BCUT2D eigenvalue weighted by Gasteiger charge is -1.95. The van der Waals surface area contributed by atoms with Crippen LogP contribution in [0.2, 0.25) is 0 Å². The number of aromatic nitrogens is 2. The molecule has 0 amide bonds. The van der Waals surface area contributed by atoms with Gasteiger partial charge < -0.3 is 5.11 Å². The topological polar surface area (TPSA) is 78.5 Å². The number of benzene rings is 2. The molecule has 2 aromatic carbocycles. The molecule has 0 aliphatic heterocycles. The van der Waals surface area contributed by atoms with Gasteiger partial charge in [-0.15, -0.1) is 0 Å². The molecule has 3 rings (SSSR count). The zero-order chi connectivity index (χ0) is 16.9. The van der Waals surface area contributed by atoms with E-state index in [0.717, 1.165) is 11.6 Å². The van der Waals surface area contributed by atoms with Crippen LogP contribution in [0.5, 0.6) is 5.75 Å². The third-order valence-electron chi connectivity index (χ3n) is 3.38. The van der Waals surface area contributed by atoms with Crippen LogP contribution in [0, 0.1) is 0 Å². The molecule has 24 heavy (non-hydrogen) atoms. The number of hydrogen-bond acceptors (Lipinski definition) is 5. The number of hydrogen-bond donors (Lipinski definition) is 1. The Morgan fingerprint density at radius 1 is 0.792 bits per heavy atom. The molecule has 1 heterocycles. The lowest BCUT2D eigenvalue weighted by molar-refractivity contribution is -0.657. The Balaban J connectivity index is 1.70. The fourth-order valence-electron chi connectivity index (χ4n) is 2.05. The van der Waals surface area contributed by atoms with Crippen LogP contribution in [0.25, 0.3) is 0 Å². The molecule has 0 saturated heterocycles. The van der Waals surface area contributed by atoms with Crippen LogP contribution in [-0.2, 0) is 14.1 Å². The van der Waals surface area contributed by atoms with Crippen molar-refractivity contribution in [2.45, 2.75) is 0 Å². The van der Waals surface area contributed by atoms with Crippen molar-refractivity contribution in [2.24, 2.45) is 34.6 Å². The van der Waals surface area contributed by atoms with Gasteiger partial charge in [0.15, 0.2) is 0 Å². The standard InChI is InChI=1S/C17H16N6O/c1-22-11-12-23(2)17(22)21-20-14-5-3-13(4-6-14)18-19-15-7-9-16(24)10-8-15/h3-12H,1-2H3/p+1. The van der Waals surface area contributed by atoms with Crippen molar-refractivity contribution in [3.8, 4) is 5.75 Å². The number of nitrogens with zero attached hydrogens (tertiary/aromatic N) is 6. The Hall–Kier alpha value is -3.35. The minimum Gasteiger partial charge on any atom is -0.508 e. The summed E-state index contributed by atoms with van der Waals surface area (Å²) < 4.78 is 3.79. The predicted octanol–water partition coefficient (Wildman–Crippen LogP) is 4.39. The van der Waals surface area contributed by atoms with Gasteiger partial charge in [-0.25, -0.2) is 9.13 Å². The third-order valence-corrected chi connectivity index (χ3v) is 3.38. The fourth-order valence-corrected chi connectivity index (χ4v) is 2.05. The molecule has 0 radical (unpaired) electrons. The summed E-state index contributed by atoms with van der Waals surface area (Å²) in [6.07, 6.45) is 3.84. The summed E-state index contributed by atoms with van der Waals surface area (Å²) in [5.41, 5.74) is 2.12. The summed E-state index contributed by atoms with van der Waals surface area (Å²) in [5, 5.41) is 26.0. The first kappa shape index (κ1) is 15.5. The van der Waals surface area contributed by atoms with E-state index in [1.807, 2.05) is 59.9 Å². The number of aryl methyl sites for hydroxylation is 2. The number of imidazole rings is 1. The lowest BCUT2D eigenvalue weighted by Crippen LogP contribution is -2.25. The lowest BCUT2D eigenvalue weighted by atomic mass is 10.3. The number of rotatable bonds is 4. The van der Waals surface area contributed by atoms with Gasteiger partial charge >= 0.3 is 5.95 Å². The Morgan fingerprint density at radius 2 is 1.25 bits per heavy atom. The maximum atomic E-state index is 9.23. The minimum absolute atomic E-state index is 0.204. The zero-order valence-corrected chi connectivity index (χ0v) is 13.4. The Bertz CT molecular complexity index is 859. The summed E-state index contributed by atoms with van der Waals surface area (Å²) in [7, 11) is 3.84. The maximum Gasteiger partial charge on any atom is 0.421 e. The first-order valence-corrected chi connectivity index (χ1v) is 7.35. The van der Waals surface area contributed by atoms with E-state index >= 15 is 0 Å². The van der Waals surface area contributed by atoms with Crippen molar-refractivity contribution in [2.75, 3.05) is 0 Å². The summed E-state index contributed by atoms with van der Waals surface area (Å²) in [6, 6.07) is 13.8. The van der Waals surface area contributed by atoms with Crippen molar-refractivity contribution >= 4 is 23.0 Å². The maximum absolute atomic E-state index is 9.23. The molecule has 0 bridgehead atoms. The van der Waals surface area contributed by atoms with Gasteiger partial charge in [0.05, 0.1) is 37.9 Å². The van der Waals surface area contributed by atoms with Gasteiger partial charge in [0.1, 0.15) is 11.4 Å².